The van der Waals surface area contributed by atoms with E-state index in [2.05, 4.69) is 39.6 Å². The fourth-order valence-corrected chi connectivity index (χ4v) is 4.68. The molecule has 2 aromatic rings. The van der Waals surface area contributed by atoms with E-state index in [0.29, 0.717) is 5.41 Å². The number of nitrogens with one attached hydrogen (secondary N) is 2. The summed E-state index contributed by atoms with van der Waals surface area (Å²) in [4.78, 5) is 11.8. The molecule has 0 bridgehead atoms. The van der Waals surface area contributed by atoms with Crippen LogP contribution in [0.4, 0.5) is 5.13 Å². The molecule has 1 atom stereocenters. The topological polar surface area (TPSA) is 61.8 Å². The van der Waals surface area contributed by atoms with Gasteiger partial charge in [0.15, 0.2) is 11.1 Å². The van der Waals surface area contributed by atoms with Crippen molar-refractivity contribution in [3.8, 4) is 0 Å². The van der Waals surface area contributed by atoms with Crippen LogP contribution in [0, 0.1) is 5.41 Å². The molecule has 0 amide bonds. The zero-order valence-electron chi connectivity index (χ0n) is 15.7. The summed E-state index contributed by atoms with van der Waals surface area (Å²) >= 11 is 1.69. The van der Waals surface area contributed by atoms with Gasteiger partial charge in [0.1, 0.15) is 0 Å². The van der Waals surface area contributed by atoms with Crippen molar-refractivity contribution in [1.29, 1.82) is 0 Å². The summed E-state index contributed by atoms with van der Waals surface area (Å²) in [5.41, 5.74) is 1.41. The molecule has 2 aliphatic heterocycles. The Morgan fingerprint density at radius 3 is 3.04 bits per heavy atom. The number of hydrogen-bond acceptors (Lipinski definition) is 5. The molecular weight excluding hydrogens is 473 g/mol. The lowest BCUT2D eigenvalue weighted by Gasteiger charge is -2.25. The van der Waals surface area contributed by atoms with Gasteiger partial charge in [-0.25, -0.2) is 4.98 Å². The number of fused-ring (bicyclic) bond motifs is 1. The summed E-state index contributed by atoms with van der Waals surface area (Å²) in [6.07, 6.45) is 2.39. The Morgan fingerprint density at radius 1 is 1.37 bits per heavy atom. The lowest BCUT2D eigenvalue weighted by Crippen LogP contribution is -2.41. The molecule has 1 aromatic heterocycles. The van der Waals surface area contributed by atoms with Gasteiger partial charge in [0.05, 0.1) is 23.4 Å². The molecule has 1 unspecified atom stereocenters. The summed E-state index contributed by atoms with van der Waals surface area (Å²) in [5.74, 6) is 1.03. The second kappa shape index (κ2) is 9.38. The molecule has 2 saturated heterocycles. The SMILES string of the molecule is CCNC(=NCCNc1nc2ccccc2s1)N1CCC2(CCOC2)C1.I. The van der Waals surface area contributed by atoms with Crippen molar-refractivity contribution in [3.63, 3.8) is 0 Å². The molecule has 2 fully saturated rings. The zero-order chi connectivity index (χ0) is 17.8. The van der Waals surface area contributed by atoms with Crippen LogP contribution in [0.15, 0.2) is 29.3 Å². The minimum Gasteiger partial charge on any atom is -0.381 e. The van der Waals surface area contributed by atoms with Gasteiger partial charge in [-0.3, -0.25) is 4.99 Å². The van der Waals surface area contributed by atoms with Crippen molar-refractivity contribution in [3.05, 3.63) is 24.3 Å². The van der Waals surface area contributed by atoms with Gasteiger partial charge in [0.2, 0.25) is 0 Å². The van der Waals surface area contributed by atoms with Crippen LogP contribution in [0.1, 0.15) is 19.8 Å². The van der Waals surface area contributed by atoms with E-state index in [1.807, 2.05) is 12.1 Å². The average Bonchev–Trinajstić information content (AvgIpc) is 3.38. The molecule has 0 saturated carbocycles. The third-order valence-electron chi connectivity index (χ3n) is 5.20. The number of benzene rings is 1. The molecule has 0 radical (unpaired) electrons. The van der Waals surface area contributed by atoms with Crippen molar-refractivity contribution < 1.29 is 4.74 Å². The number of rotatable bonds is 5. The minimum absolute atomic E-state index is 0. The van der Waals surface area contributed by atoms with Gasteiger partial charge in [-0.2, -0.15) is 0 Å². The van der Waals surface area contributed by atoms with Gasteiger partial charge in [-0.15, -0.1) is 24.0 Å². The molecule has 8 heteroatoms. The number of para-hydroxylation sites is 1. The Labute approximate surface area is 181 Å². The van der Waals surface area contributed by atoms with Crippen LogP contribution in [-0.2, 0) is 4.74 Å². The van der Waals surface area contributed by atoms with E-state index < -0.39 is 0 Å². The number of guanidine groups is 1. The number of aliphatic imine (C=N–C) groups is 1. The van der Waals surface area contributed by atoms with Crippen molar-refractivity contribution in [1.82, 2.24) is 15.2 Å². The molecule has 1 aromatic carbocycles. The molecule has 2 N–H and O–H groups in total. The van der Waals surface area contributed by atoms with Gasteiger partial charge in [-0.05, 0) is 31.9 Å². The maximum atomic E-state index is 5.64. The van der Waals surface area contributed by atoms with E-state index in [-0.39, 0.29) is 24.0 Å². The molecule has 2 aliphatic rings. The van der Waals surface area contributed by atoms with Crippen LogP contribution < -0.4 is 10.6 Å². The van der Waals surface area contributed by atoms with Gasteiger partial charge in [0.25, 0.3) is 0 Å². The molecule has 3 heterocycles. The second-order valence-corrected chi connectivity index (χ2v) is 8.15. The summed E-state index contributed by atoms with van der Waals surface area (Å²) in [6.45, 7) is 8.49. The Kier molecular flexibility index (Phi) is 7.16. The van der Waals surface area contributed by atoms with Crippen molar-refractivity contribution >= 4 is 56.6 Å². The quantitative estimate of drug-likeness (QED) is 0.285. The number of thiazole rings is 1. The Balaban J connectivity index is 0.00000210. The fourth-order valence-electron chi connectivity index (χ4n) is 3.79. The van der Waals surface area contributed by atoms with Crippen LogP contribution in [-0.4, -0.2) is 61.8 Å². The fraction of sp³-hybridized carbons (Fsp3) is 0.579. The lowest BCUT2D eigenvalue weighted by atomic mass is 9.87. The van der Waals surface area contributed by atoms with E-state index in [1.54, 1.807) is 11.3 Å². The lowest BCUT2D eigenvalue weighted by molar-refractivity contribution is 0.156. The molecule has 1 spiro atoms. The third kappa shape index (κ3) is 4.83. The number of ether oxygens (including phenoxy) is 1. The number of halogens is 1. The van der Waals surface area contributed by atoms with Gasteiger partial charge >= 0.3 is 0 Å². The Bertz CT molecular complexity index is 741. The zero-order valence-corrected chi connectivity index (χ0v) is 18.9. The van der Waals surface area contributed by atoms with Crippen molar-refractivity contribution in [2.45, 2.75) is 19.8 Å². The van der Waals surface area contributed by atoms with Crippen LogP contribution in [0.3, 0.4) is 0 Å². The predicted octanol–water partition coefficient (Wildman–Crippen LogP) is 3.40. The average molecular weight is 501 g/mol. The number of likely N-dealkylation sites (tertiary alicyclic amines) is 1. The number of aromatic nitrogens is 1. The molecule has 148 valence electrons. The normalized spacial score (nSPS) is 22.4. The standard InChI is InChI=1S/C19H27N5OS.HI/c1-2-20-17(24-11-7-19(13-24)8-12-25-14-19)21-9-10-22-18-23-15-5-3-4-6-16(15)26-18;/h3-6H,2,7-14H2,1H3,(H,20,21)(H,22,23);1H. The van der Waals surface area contributed by atoms with Crippen LogP contribution in [0.25, 0.3) is 10.2 Å². The highest BCUT2D eigenvalue weighted by molar-refractivity contribution is 14.0. The number of nitrogens with zero attached hydrogens (tertiary/aromatic N) is 3. The van der Waals surface area contributed by atoms with Crippen molar-refractivity contribution in [2.75, 3.05) is 51.3 Å². The molecule has 4 rings (SSSR count). The van der Waals surface area contributed by atoms with Gasteiger partial charge in [0, 0.05) is 38.2 Å². The Hall–Kier alpha value is -1.13. The van der Waals surface area contributed by atoms with Crippen LogP contribution in [0.5, 0.6) is 0 Å². The van der Waals surface area contributed by atoms with E-state index >= 15 is 0 Å². The summed E-state index contributed by atoms with van der Waals surface area (Å²) in [7, 11) is 0. The molecule has 27 heavy (non-hydrogen) atoms. The van der Waals surface area contributed by atoms with E-state index in [4.69, 9.17) is 9.73 Å². The molecular formula is C19H28IN5OS. The monoisotopic (exact) mass is 501 g/mol. The third-order valence-corrected chi connectivity index (χ3v) is 6.20. The Morgan fingerprint density at radius 2 is 2.26 bits per heavy atom. The highest BCUT2D eigenvalue weighted by Crippen LogP contribution is 2.38. The van der Waals surface area contributed by atoms with E-state index in [1.165, 1.54) is 17.5 Å². The highest BCUT2D eigenvalue weighted by Gasteiger charge is 2.42. The maximum Gasteiger partial charge on any atom is 0.193 e. The number of anilines is 1. The first kappa shape index (κ1) is 20.6. The summed E-state index contributed by atoms with van der Waals surface area (Å²) < 4.78 is 6.86. The van der Waals surface area contributed by atoms with Gasteiger partial charge in [-0.1, -0.05) is 23.5 Å². The van der Waals surface area contributed by atoms with Crippen molar-refractivity contribution in [2.24, 2.45) is 10.4 Å². The maximum absolute atomic E-state index is 5.64. The van der Waals surface area contributed by atoms with E-state index in [9.17, 15) is 0 Å². The summed E-state index contributed by atoms with van der Waals surface area (Å²) in [5, 5.41) is 7.82. The highest BCUT2D eigenvalue weighted by atomic mass is 127. The largest absolute Gasteiger partial charge is 0.381 e. The first-order valence-corrected chi connectivity index (χ1v) is 10.3. The predicted molar refractivity (Wildman–Crippen MR) is 124 cm³/mol. The number of hydrogen-bond donors (Lipinski definition) is 2. The minimum atomic E-state index is 0. The summed E-state index contributed by atoms with van der Waals surface area (Å²) in [6, 6.07) is 8.23. The second-order valence-electron chi connectivity index (χ2n) is 7.12. The molecule has 6 nitrogen and oxygen atoms in total. The van der Waals surface area contributed by atoms with Crippen LogP contribution >= 0.6 is 35.3 Å². The first-order chi connectivity index (χ1) is 12.8. The first-order valence-electron chi connectivity index (χ1n) is 9.48. The van der Waals surface area contributed by atoms with Crippen LogP contribution in [0.2, 0.25) is 0 Å². The smallest absolute Gasteiger partial charge is 0.193 e. The molecule has 0 aliphatic carbocycles. The van der Waals surface area contributed by atoms with E-state index in [0.717, 1.165) is 62.5 Å². The van der Waals surface area contributed by atoms with Gasteiger partial charge < -0.3 is 20.3 Å².